The molecule has 0 aliphatic rings. The Labute approximate surface area is 137 Å². The number of hydrogen-bond donors (Lipinski definition) is 2. The SMILES string of the molecule is COc1ccc(-c2oc(CC(=O)NO)nc2-c2ccncc2)cc1. The van der Waals surface area contributed by atoms with E-state index in [9.17, 15) is 4.79 Å². The van der Waals surface area contributed by atoms with Gasteiger partial charge in [0, 0.05) is 23.5 Å². The highest BCUT2D eigenvalue weighted by Gasteiger charge is 2.18. The topological polar surface area (TPSA) is 97.5 Å². The Balaban J connectivity index is 2.06. The average Bonchev–Trinajstić information content (AvgIpc) is 3.06. The standard InChI is InChI=1S/C17H15N3O4/c1-23-13-4-2-12(3-5-13)17-16(11-6-8-18-9-7-11)19-15(24-17)10-14(21)20-22/h2-9,22H,10H2,1H3,(H,20,21). The van der Waals surface area contributed by atoms with Gasteiger partial charge in [-0.15, -0.1) is 0 Å². The van der Waals surface area contributed by atoms with Crippen LogP contribution >= 0.6 is 0 Å². The van der Waals surface area contributed by atoms with Crippen molar-refractivity contribution in [1.29, 1.82) is 0 Å². The molecule has 0 fully saturated rings. The lowest BCUT2D eigenvalue weighted by Crippen LogP contribution is -2.20. The van der Waals surface area contributed by atoms with E-state index in [4.69, 9.17) is 14.4 Å². The summed E-state index contributed by atoms with van der Waals surface area (Å²) in [7, 11) is 1.59. The van der Waals surface area contributed by atoms with Gasteiger partial charge in [0.05, 0.1) is 7.11 Å². The van der Waals surface area contributed by atoms with E-state index in [-0.39, 0.29) is 12.3 Å². The second-order valence-corrected chi connectivity index (χ2v) is 4.96. The normalized spacial score (nSPS) is 10.4. The minimum absolute atomic E-state index is 0.162. The highest BCUT2D eigenvalue weighted by Crippen LogP contribution is 2.33. The Morgan fingerprint density at radius 1 is 1.17 bits per heavy atom. The first-order valence-electron chi connectivity index (χ1n) is 7.18. The molecule has 122 valence electrons. The van der Waals surface area contributed by atoms with Crippen molar-refractivity contribution >= 4 is 5.91 Å². The number of nitrogens with one attached hydrogen (secondary N) is 1. The lowest BCUT2D eigenvalue weighted by atomic mass is 10.1. The maximum absolute atomic E-state index is 11.4. The van der Waals surface area contributed by atoms with E-state index in [1.807, 2.05) is 24.3 Å². The maximum Gasteiger partial charge on any atom is 0.252 e. The van der Waals surface area contributed by atoms with Crippen LogP contribution in [0.15, 0.2) is 53.2 Å². The summed E-state index contributed by atoms with van der Waals surface area (Å²) in [4.78, 5) is 19.8. The minimum atomic E-state index is -0.598. The molecule has 3 aromatic rings. The molecule has 24 heavy (non-hydrogen) atoms. The molecule has 0 radical (unpaired) electrons. The molecule has 7 heteroatoms. The van der Waals surface area contributed by atoms with Gasteiger partial charge in [-0.1, -0.05) is 0 Å². The zero-order chi connectivity index (χ0) is 16.9. The molecular formula is C17H15N3O4. The summed E-state index contributed by atoms with van der Waals surface area (Å²) in [6, 6.07) is 10.9. The smallest absolute Gasteiger partial charge is 0.252 e. The molecular weight excluding hydrogens is 310 g/mol. The number of nitrogens with zero attached hydrogens (tertiary/aromatic N) is 2. The van der Waals surface area contributed by atoms with E-state index < -0.39 is 5.91 Å². The summed E-state index contributed by atoms with van der Waals surface area (Å²) in [6.45, 7) is 0. The van der Waals surface area contributed by atoms with Gasteiger partial charge < -0.3 is 9.15 Å². The van der Waals surface area contributed by atoms with Crippen molar-refractivity contribution in [2.75, 3.05) is 7.11 Å². The Bertz CT molecular complexity index is 829. The Kier molecular flexibility index (Phi) is 4.53. The molecule has 0 bridgehead atoms. The van der Waals surface area contributed by atoms with Crippen molar-refractivity contribution in [3.8, 4) is 28.3 Å². The van der Waals surface area contributed by atoms with Crippen LogP contribution in [0, 0.1) is 0 Å². The molecule has 0 saturated carbocycles. The van der Waals surface area contributed by atoms with Crippen molar-refractivity contribution in [2.45, 2.75) is 6.42 Å². The van der Waals surface area contributed by atoms with Crippen molar-refractivity contribution in [3.05, 3.63) is 54.7 Å². The minimum Gasteiger partial charge on any atom is -0.497 e. The zero-order valence-corrected chi connectivity index (χ0v) is 12.9. The van der Waals surface area contributed by atoms with Gasteiger partial charge in [0.15, 0.2) is 5.76 Å². The average molecular weight is 325 g/mol. The number of carbonyl (C=O) groups is 1. The summed E-state index contributed by atoms with van der Waals surface area (Å²) in [6.07, 6.45) is 3.15. The van der Waals surface area contributed by atoms with Gasteiger partial charge in [-0.05, 0) is 36.4 Å². The van der Waals surface area contributed by atoms with Crippen molar-refractivity contribution in [3.63, 3.8) is 0 Å². The van der Waals surface area contributed by atoms with Gasteiger partial charge in [0.2, 0.25) is 5.89 Å². The van der Waals surface area contributed by atoms with Crippen LogP contribution in [0.25, 0.3) is 22.6 Å². The largest absolute Gasteiger partial charge is 0.497 e. The molecule has 0 saturated heterocycles. The van der Waals surface area contributed by atoms with E-state index in [0.29, 0.717) is 11.5 Å². The lowest BCUT2D eigenvalue weighted by Gasteiger charge is -2.03. The summed E-state index contributed by atoms with van der Waals surface area (Å²) < 4.78 is 10.9. The maximum atomic E-state index is 11.4. The van der Waals surface area contributed by atoms with Crippen LogP contribution < -0.4 is 10.2 Å². The van der Waals surface area contributed by atoms with E-state index >= 15 is 0 Å². The number of hydroxylamine groups is 1. The van der Waals surface area contributed by atoms with Crippen LogP contribution in [-0.4, -0.2) is 28.2 Å². The van der Waals surface area contributed by atoms with Gasteiger partial charge in [-0.2, -0.15) is 0 Å². The molecule has 7 nitrogen and oxygen atoms in total. The molecule has 0 spiro atoms. The number of amides is 1. The number of hydrogen-bond acceptors (Lipinski definition) is 6. The number of benzene rings is 1. The molecule has 2 N–H and O–H groups in total. The first-order chi connectivity index (χ1) is 11.7. The summed E-state index contributed by atoms with van der Waals surface area (Å²) >= 11 is 0. The number of rotatable bonds is 5. The molecule has 2 aromatic heterocycles. The third kappa shape index (κ3) is 3.26. The molecule has 0 aliphatic carbocycles. The number of aromatic nitrogens is 2. The van der Waals surface area contributed by atoms with Crippen molar-refractivity contribution in [1.82, 2.24) is 15.4 Å². The fourth-order valence-electron chi connectivity index (χ4n) is 2.26. The number of methoxy groups -OCH3 is 1. The molecule has 3 rings (SSSR count). The highest BCUT2D eigenvalue weighted by atomic mass is 16.5. The van der Waals surface area contributed by atoms with E-state index in [1.54, 1.807) is 37.1 Å². The molecule has 0 atom stereocenters. The Morgan fingerprint density at radius 2 is 1.88 bits per heavy atom. The lowest BCUT2D eigenvalue weighted by molar-refractivity contribution is -0.128. The monoisotopic (exact) mass is 325 g/mol. The number of carbonyl (C=O) groups excluding carboxylic acids is 1. The fourth-order valence-corrected chi connectivity index (χ4v) is 2.26. The van der Waals surface area contributed by atoms with E-state index in [1.165, 1.54) is 0 Å². The van der Waals surface area contributed by atoms with Gasteiger partial charge in [0.25, 0.3) is 5.91 Å². The molecule has 0 aliphatic heterocycles. The molecule has 1 aromatic carbocycles. The number of pyridine rings is 1. The summed E-state index contributed by atoms with van der Waals surface area (Å²) in [5.74, 6) is 0.867. The second kappa shape index (κ2) is 6.93. The van der Waals surface area contributed by atoms with Gasteiger partial charge in [0.1, 0.15) is 17.9 Å². The number of ether oxygens (including phenoxy) is 1. The van der Waals surface area contributed by atoms with Crippen LogP contribution in [0.5, 0.6) is 5.75 Å². The van der Waals surface area contributed by atoms with Crippen LogP contribution in [-0.2, 0) is 11.2 Å². The molecule has 2 heterocycles. The van der Waals surface area contributed by atoms with Crippen molar-refractivity contribution in [2.24, 2.45) is 0 Å². The van der Waals surface area contributed by atoms with Crippen LogP contribution in [0.4, 0.5) is 0 Å². The highest BCUT2D eigenvalue weighted by molar-refractivity contribution is 5.79. The van der Waals surface area contributed by atoms with Gasteiger partial charge in [-0.3, -0.25) is 15.0 Å². The van der Waals surface area contributed by atoms with Crippen LogP contribution in [0.3, 0.4) is 0 Å². The second-order valence-electron chi connectivity index (χ2n) is 4.96. The molecule has 0 unspecified atom stereocenters. The van der Waals surface area contributed by atoms with Crippen LogP contribution in [0.1, 0.15) is 5.89 Å². The molecule has 1 amide bonds. The predicted octanol–water partition coefficient (Wildman–Crippen LogP) is 2.46. The third-order valence-electron chi connectivity index (χ3n) is 3.41. The predicted molar refractivity (Wildman–Crippen MR) is 85.4 cm³/mol. The van der Waals surface area contributed by atoms with Crippen molar-refractivity contribution < 1.29 is 19.2 Å². The van der Waals surface area contributed by atoms with E-state index in [2.05, 4.69) is 9.97 Å². The third-order valence-corrected chi connectivity index (χ3v) is 3.41. The van der Waals surface area contributed by atoms with Crippen LogP contribution in [0.2, 0.25) is 0 Å². The first kappa shape index (κ1) is 15.7. The Morgan fingerprint density at radius 3 is 2.50 bits per heavy atom. The fraction of sp³-hybridized carbons (Fsp3) is 0.118. The van der Waals surface area contributed by atoms with E-state index in [0.717, 1.165) is 16.9 Å². The van der Waals surface area contributed by atoms with Gasteiger partial charge >= 0.3 is 0 Å². The Hall–Kier alpha value is -3.19. The van der Waals surface area contributed by atoms with Gasteiger partial charge in [-0.25, -0.2) is 10.5 Å². The zero-order valence-electron chi connectivity index (χ0n) is 12.9. The summed E-state index contributed by atoms with van der Waals surface area (Å²) in [5, 5.41) is 8.67. The summed E-state index contributed by atoms with van der Waals surface area (Å²) in [5.41, 5.74) is 3.78. The quantitative estimate of drug-likeness (QED) is 0.552. The number of oxazole rings is 1. The first-order valence-corrected chi connectivity index (χ1v) is 7.18.